The second-order valence-corrected chi connectivity index (χ2v) is 5.05. The van der Waals surface area contributed by atoms with E-state index in [2.05, 4.69) is 35.4 Å². The number of aromatic nitrogens is 1. The standard InChI is InChI=1S/C16H18N2O/c1-12-4-5-13(10-18-14-6-7-14)9-16(12)19-15-3-2-8-17-11-15/h2-5,8-9,11,14,18H,6-7,10H2,1H3. The molecule has 1 aromatic heterocycles. The summed E-state index contributed by atoms with van der Waals surface area (Å²) >= 11 is 0. The highest BCUT2D eigenvalue weighted by atomic mass is 16.5. The van der Waals surface area contributed by atoms with E-state index in [-0.39, 0.29) is 0 Å². The van der Waals surface area contributed by atoms with E-state index in [9.17, 15) is 0 Å². The summed E-state index contributed by atoms with van der Waals surface area (Å²) in [7, 11) is 0. The largest absolute Gasteiger partial charge is 0.455 e. The summed E-state index contributed by atoms with van der Waals surface area (Å²) < 4.78 is 5.88. The number of pyridine rings is 1. The van der Waals surface area contributed by atoms with Crippen molar-refractivity contribution in [2.45, 2.75) is 32.4 Å². The van der Waals surface area contributed by atoms with E-state index < -0.39 is 0 Å². The molecule has 1 heterocycles. The minimum atomic E-state index is 0.726. The molecular weight excluding hydrogens is 236 g/mol. The molecule has 3 nitrogen and oxygen atoms in total. The van der Waals surface area contributed by atoms with Crippen molar-refractivity contribution in [1.29, 1.82) is 0 Å². The smallest absolute Gasteiger partial charge is 0.145 e. The van der Waals surface area contributed by atoms with Gasteiger partial charge in [-0.3, -0.25) is 4.98 Å². The van der Waals surface area contributed by atoms with Crippen LogP contribution in [0.2, 0.25) is 0 Å². The van der Waals surface area contributed by atoms with Crippen molar-refractivity contribution in [2.75, 3.05) is 0 Å². The third-order valence-electron chi connectivity index (χ3n) is 3.29. The van der Waals surface area contributed by atoms with Crippen LogP contribution in [0.4, 0.5) is 0 Å². The van der Waals surface area contributed by atoms with Crippen LogP contribution < -0.4 is 10.1 Å². The molecule has 1 saturated carbocycles. The average molecular weight is 254 g/mol. The maximum Gasteiger partial charge on any atom is 0.145 e. The number of rotatable bonds is 5. The van der Waals surface area contributed by atoms with Crippen LogP contribution in [0.15, 0.2) is 42.7 Å². The van der Waals surface area contributed by atoms with Crippen molar-refractivity contribution >= 4 is 0 Å². The van der Waals surface area contributed by atoms with Gasteiger partial charge in [0, 0.05) is 18.8 Å². The number of hydrogen-bond donors (Lipinski definition) is 1. The molecule has 19 heavy (non-hydrogen) atoms. The normalized spacial score (nSPS) is 14.4. The minimum Gasteiger partial charge on any atom is -0.455 e. The Bertz CT molecular complexity index is 550. The van der Waals surface area contributed by atoms with Gasteiger partial charge in [0.2, 0.25) is 0 Å². The van der Waals surface area contributed by atoms with Crippen LogP contribution in [-0.2, 0) is 6.54 Å². The van der Waals surface area contributed by atoms with E-state index in [0.717, 1.165) is 29.6 Å². The molecule has 1 aliphatic rings. The van der Waals surface area contributed by atoms with E-state index in [1.54, 1.807) is 12.4 Å². The van der Waals surface area contributed by atoms with Crippen LogP contribution in [0.3, 0.4) is 0 Å². The van der Waals surface area contributed by atoms with Gasteiger partial charge in [-0.1, -0.05) is 12.1 Å². The highest BCUT2D eigenvalue weighted by Gasteiger charge is 2.20. The first kappa shape index (κ1) is 12.2. The number of hydrogen-bond acceptors (Lipinski definition) is 3. The van der Waals surface area contributed by atoms with Crippen molar-refractivity contribution in [3.05, 3.63) is 53.9 Å². The SMILES string of the molecule is Cc1ccc(CNC2CC2)cc1Oc1cccnc1. The van der Waals surface area contributed by atoms with Crippen LogP contribution >= 0.6 is 0 Å². The van der Waals surface area contributed by atoms with Crippen LogP contribution in [0, 0.1) is 6.92 Å². The second kappa shape index (κ2) is 5.41. The number of ether oxygens (including phenoxy) is 1. The maximum absolute atomic E-state index is 5.88. The van der Waals surface area contributed by atoms with Gasteiger partial charge >= 0.3 is 0 Å². The number of benzene rings is 1. The van der Waals surface area contributed by atoms with Gasteiger partial charge < -0.3 is 10.1 Å². The van der Waals surface area contributed by atoms with Gasteiger partial charge in [0.05, 0.1) is 6.20 Å². The van der Waals surface area contributed by atoms with Crippen molar-refractivity contribution < 1.29 is 4.74 Å². The summed E-state index contributed by atoms with van der Waals surface area (Å²) in [6.07, 6.45) is 6.10. The molecule has 1 aromatic carbocycles. The zero-order valence-electron chi connectivity index (χ0n) is 11.1. The third-order valence-corrected chi connectivity index (χ3v) is 3.29. The van der Waals surface area contributed by atoms with Gasteiger partial charge in [0.25, 0.3) is 0 Å². The molecule has 0 spiro atoms. The summed E-state index contributed by atoms with van der Waals surface area (Å²) in [5.41, 5.74) is 2.40. The van der Waals surface area contributed by atoms with Crippen LogP contribution in [0.5, 0.6) is 11.5 Å². The van der Waals surface area contributed by atoms with Crippen LogP contribution in [0.25, 0.3) is 0 Å². The summed E-state index contributed by atoms with van der Waals surface area (Å²) in [5, 5.41) is 3.52. The lowest BCUT2D eigenvalue weighted by atomic mass is 10.1. The first-order chi connectivity index (χ1) is 9.31. The Hall–Kier alpha value is -1.87. The predicted molar refractivity (Wildman–Crippen MR) is 75.4 cm³/mol. The van der Waals surface area contributed by atoms with Gasteiger partial charge in [0.1, 0.15) is 11.5 Å². The summed E-state index contributed by atoms with van der Waals surface area (Å²) in [5.74, 6) is 1.68. The van der Waals surface area contributed by atoms with Gasteiger partial charge in [-0.2, -0.15) is 0 Å². The molecular formula is C16H18N2O. The quantitative estimate of drug-likeness (QED) is 0.887. The molecule has 1 N–H and O–H groups in total. The molecule has 0 amide bonds. The molecule has 0 unspecified atom stereocenters. The molecule has 0 radical (unpaired) electrons. The zero-order chi connectivity index (χ0) is 13.1. The summed E-state index contributed by atoms with van der Waals surface area (Å²) in [6.45, 7) is 2.97. The Balaban J connectivity index is 1.73. The molecule has 0 atom stereocenters. The minimum absolute atomic E-state index is 0.726. The molecule has 1 aliphatic carbocycles. The van der Waals surface area contributed by atoms with Gasteiger partial charge in [-0.25, -0.2) is 0 Å². The molecule has 98 valence electrons. The Morgan fingerprint density at radius 1 is 1.32 bits per heavy atom. The topological polar surface area (TPSA) is 34.1 Å². The molecule has 3 rings (SSSR count). The molecule has 0 aliphatic heterocycles. The zero-order valence-corrected chi connectivity index (χ0v) is 11.1. The van der Waals surface area contributed by atoms with Crippen molar-refractivity contribution in [3.63, 3.8) is 0 Å². The van der Waals surface area contributed by atoms with Gasteiger partial charge in [-0.15, -0.1) is 0 Å². The highest BCUT2D eigenvalue weighted by Crippen LogP contribution is 2.26. The van der Waals surface area contributed by atoms with E-state index in [4.69, 9.17) is 4.74 Å². The van der Waals surface area contributed by atoms with E-state index in [1.165, 1.54) is 18.4 Å². The maximum atomic E-state index is 5.88. The van der Waals surface area contributed by atoms with Crippen LogP contribution in [-0.4, -0.2) is 11.0 Å². The van der Waals surface area contributed by atoms with E-state index in [0.29, 0.717) is 0 Å². The first-order valence-electron chi connectivity index (χ1n) is 6.72. The number of nitrogens with zero attached hydrogens (tertiary/aromatic N) is 1. The number of nitrogens with one attached hydrogen (secondary N) is 1. The lowest BCUT2D eigenvalue weighted by Gasteiger charge is -2.11. The summed E-state index contributed by atoms with van der Waals surface area (Å²) in [6, 6.07) is 10.9. The molecule has 3 heteroatoms. The Morgan fingerprint density at radius 3 is 2.95 bits per heavy atom. The van der Waals surface area contributed by atoms with Gasteiger partial charge in [0.15, 0.2) is 0 Å². The Labute approximate surface area is 113 Å². The average Bonchev–Trinajstić information content (AvgIpc) is 3.25. The number of aryl methyl sites for hydroxylation is 1. The molecule has 0 bridgehead atoms. The van der Waals surface area contributed by atoms with Crippen molar-refractivity contribution in [2.24, 2.45) is 0 Å². The molecule has 1 fully saturated rings. The van der Waals surface area contributed by atoms with E-state index >= 15 is 0 Å². The van der Waals surface area contributed by atoms with E-state index in [1.807, 2.05) is 12.1 Å². The van der Waals surface area contributed by atoms with Gasteiger partial charge in [-0.05, 0) is 49.1 Å². The monoisotopic (exact) mass is 254 g/mol. The Kier molecular flexibility index (Phi) is 3.47. The fraction of sp³-hybridized carbons (Fsp3) is 0.312. The third kappa shape index (κ3) is 3.32. The molecule has 0 saturated heterocycles. The first-order valence-corrected chi connectivity index (χ1v) is 6.72. The summed E-state index contributed by atoms with van der Waals surface area (Å²) in [4.78, 5) is 4.06. The highest BCUT2D eigenvalue weighted by molar-refractivity contribution is 5.39. The fourth-order valence-corrected chi connectivity index (χ4v) is 1.95. The lowest BCUT2D eigenvalue weighted by Crippen LogP contribution is -2.15. The fourth-order valence-electron chi connectivity index (χ4n) is 1.95. The molecule has 2 aromatic rings. The van der Waals surface area contributed by atoms with Crippen molar-refractivity contribution in [1.82, 2.24) is 10.3 Å². The lowest BCUT2D eigenvalue weighted by molar-refractivity contribution is 0.475. The predicted octanol–water partition coefficient (Wildman–Crippen LogP) is 3.43. The van der Waals surface area contributed by atoms with Crippen LogP contribution in [0.1, 0.15) is 24.0 Å². The van der Waals surface area contributed by atoms with Crippen molar-refractivity contribution in [3.8, 4) is 11.5 Å². The second-order valence-electron chi connectivity index (χ2n) is 5.05. The Morgan fingerprint density at radius 2 is 2.21 bits per heavy atom.